The van der Waals surface area contributed by atoms with Crippen LogP contribution in [0.2, 0.25) is 0 Å². The van der Waals surface area contributed by atoms with Gasteiger partial charge in [0.2, 0.25) is 0 Å². The van der Waals surface area contributed by atoms with Crippen LogP contribution in [0.25, 0.3) is 43.8 Å². The molecule has 0 aliphatic rings. The average molecular weight is 754 g/mol. The Kier molecular flexibility index (Phi) is 9.56. The Morgan fingerprint density at radius 1 is 0.431 bits per heavy atom. The molecule has 0 unspecified atom stereocenters. The molecule has 0 aliphatic carbocycles. The second-order valence-corrected chi connectivity index (χ2v) is 15.3. The van der Waals surface area contributed by atoms with Crippen LogP contribution < -0.4 is 9.80 Å². The van der Waals surface area contributed by atoms with Gasteiger partial charge in [-0.3, -0.25) is 9.80 Å². The van der Waals surface area contributed by atoms with Crippen LogP contribution in [0.4, 0.5) is 39.2 Å². The van der Waals surface area contributed by atoms with Crippen LogP contribution in [-0.2, 0) is 4.74 Å². The van der Waals surface area contributed by atoms with Crippen molar-refractivity contribution in [3.05, 3.63) is 206 Å². The normalized spacial score (nSPS) is 11.4. The van der Waals surface area contributed by atoms with Crippen molar-refractivity contribution in [2.24, 2.45) is 0 Å². The van der Waals surface area contributed by atoms with Crippen molar-refractivity contribution in [3.63, 3.8) is 0 Å². The van der Waals surface area contributed by atoms with Gasteiger partial charge >= 0.3 is 6.09 Å². The zero-order valence-electron chi connectivity index (χ0n) is 32.8. The van der Waals surface area contributed by atoms with E-state index >= 15 is 4.79 Å². The number of aromatic nitrogens is 1. The molecular formula is C53H43N3O2. The number of carbonyl (C=O) groups excluding carboxylic acids is 1. The van der Waals surface area contributed by atoms with Crippen molar-refractivity contribution in [1.82, 2.24) is 4.57 Å². The molecule has 5 heteroatoms. The van der Waals surface area contributed by atoms with E-state index in [9.17, 15) is 0 Å². The van der Waals surface area contributed by atoms with Crippen LogP contribution >= 0.6 is 0 Å². The quantitative estimate of drug-likeness (QED) is 0.155. The van der Waals surface area contributed by atoms with Gasteiger partial charge in [0.05, 0.1) is 11.4 Å². The summed E-state index contributed by atoms with van der Waals surface area (Å²) in [5, 5.41) is 4.26. The molecule has 0 saturated heterocycles. The molecule has 0 bridgehead atoms. The molecule has 1 heterocycles. The van der Waals surface area contributed by atoms with E-state index in [1.54, 1.807) is 0 Å². The van der Waals surface area contributed by atoms with Gasteiger partial charge in [-0.05, 0) is 79.1 Å². The summed E-state index contributed by atoms with van der Waals surface area (Å²) in [6.45, 7) is 5.76. The lowest BCUT2D eigenvalue weighted by molar-refractivity contribution is 0.0543. The predicted octanol–water partition coefficient (Wildman–Crippen LogP) is 14.9. The fraction of sp³-hybridized carbons (Fsp3) is 0.0755. The highest BCUT2D eigenvalue weighted by Gasteiger charge is 2.38. The summed E-state index contributed by atoms with van der Waals surface area (Å²) in [7, 11) is 0. The van der Waals surface area contributed by atoms with E-state index < -0.39 is 11.7 Å². The fourth-order valence-corrected chi connectivity index (χ4v) is 7.92. The Morgan fingerprint density at radius 2 is 0.776 bits per heavy atom. The van der Waals surface area contributed by atoms with Crippen LogP contribution in [0, 0.1) is 0 Å². The fourth-order valence-electron chi connectivity index (χ4n) is 7.92. The Balaban J connectivity index is 1.54. The van der Waals surface area contributed by atoms with Gasteiger partial charge in [-0.2, -0.15) is 0 Å². The third-order valence-electron chi connectivity index (χ3n) is 10.3. The monoisotopic (exact) mass is 753 g/mol. The van der Waals surface area contributed by atoms with Crippen molar-refractivity contribution in [2.75, 3.05) is 9.80 Å². The second-order valence-electron chi connectivity index (χ2n) is 15.3. The number of para-hydroxylation sites is 2. The third-order valence-corrected chi connectivity index (χ3v) is 10.3. The van der Waals surface area contributed by atoms with E-state index in [1.807, 2.05) is 73.9 Å². The van der Waals surface area contributed by atoms with E-state index in [-0.39, 0.29) is 0 Å². The van der Waals surface area contributed by atoms with E-state index in [4.69, 9.17) is 4.74 Å². The third kappa shape index (κ3) is 6.77. The molecule has 0 radical (unpaired) electrons. The van der Waals surface area contributed by atoms with Crippen LogP contribution in [0.1, 0.15) is 20.8 Å². The largest absolute Gasteiger partial charge is 0.443 e. The average Bonchev–Trinajstić information content (AvgIpc) is 3.60. The minimum absolute atomic E-state index is 0.501. The van der Waals surface area contributed by atoms with Crippen LogP contribution in [0.15, 0.2) is 206 Å². The molecule has 0 atom stereocenters. The lowest BCUT2D eigenvalue weighted by Gasteiger charge is -2.32. The molecular weight excluding hydrogens is 711 g/mol. The van der Waals surface area contributed by atoms with Crippen molar-refractivity contribution >= 4 is 62.0 Å². The molecule has 9 rings (SSSR count). The number of benzene rings is 8. The predicted molar refractivity (Wildman–Crippen MR) is 241 cm³/mol. The number of fused-ring (bicyclic) bond motifs is 2. The van der Waals surface area contributed by atoms with E-state index in [2.05, 4.69) is 168 Å². The standard InChI is InChI=1S/C53H43N3O2/c1-53(2,3)58-52(57)56-50(54(42-30-12-6-13-31-42)46-36-20-28-38-22-16-18-34-44(38)46)48(40-24-8-4-9-25-40)49(41-26-10-5-11-27-41)51(56)55(43-32-14-7-15-33-43)47-37-21-29-39-23-17-19-35-45(39)47/h4-37H,1-3H3. The van der Waals surface area contributed by atoms with Gasteiger partial charge in [-0.1, -0.05) is 170 Å². The summed E-state index contributed by atoms with van der Waals surface area (Å²) >= 11 is 0. The number of hydrogen-bond acceptors (Lipinski definition) is 4. The summed E-state index contributed by atoms with van der Waals surface area (Å²) < 4.78 is 8.35. The highest BCUT2D eigenvalue weighted by molar-refractivity contribution is 6.12. The summed E-state index contributed by atoms with van der Waals surface area (Å²) in [5.74, 6) is 1.30. The van der Waals surface area contributed by atoms with Crippen molar-refractivity contribution in [1.29, 1.82) is 0 Å². The van der Waals surface area contributed by atoms with Crippen LogP contribution in [0.5, 0.6) is 0 Å². The summed E-state index contributed by atoms with van der Waals surface area (Å²) in [6.07, 6.45) is -0.501. The van der Waals surface area contributed by atoms with Crippen molar-refractivity contribution in [3.8, 4) is 22.3 Å². The Labute approximate surface area is 339 Å². The number of nitrogens with zero attached hydrogens (tertiary/aromatic N) is 3. The second kappa shape index (κ2) is 15.3. The maximum Gasteiger partial charge on any atom is 0.421 e. The zero-order valence-corrected chi connectivity index (χ0v) is 32.8. The van der Waals surface area contributed by atoms with E-state index in [1.165, 1.54) is 0 Å². The van der Waals surface area contributed by atoms with Gasteiger partial charge in [0.25, 0.3) is 0 Å². The summed E-state index contributed by atoms with van der Waals surface area (Å²) in [6, 6.07) is 71.0. The molecule has 9 aromatic rings. The molecule has 8 aromatic carbocycles. The SMILES string of the molecule is CC(C)(C)OC(=O)n1c(N(c2ccccc2)c2cccc3ccccc23)c(-c2ccccc2)c(-c2ccccc2)c1N(c1ccccc1)c1cccc2ccccc12. The molecule has 58 heavy (non-hydrogen) atoms. The Morgan fingerprint density at radius 3 is 1.17 bits per heavy atom. The highest BCUT2D eigenvalue weighted by atomic mass is 16.6. The van der Waals surface area contributed by atoms with Crippen LogP contribution in [-0.4, -0.2) is 16.3 Å². The lowest BCUT2D eigenvalue weighted by atomic mass is 9.96. The molecule has 0 amide bonds. The highest BCUT2D eigenvalue weighted by Crippen LogP contribution is 2.56. The van der Waals surface area contributed by atoms with Crippen LogP contribution in [0.3, 0.4) is 0 Å². The number of rotatable bonds is 8. The first-order chi connectivity index (χ1) is 28.4. The molecule has 1 aromatic heterocycles. The zero-order chi connectivity index (χ0) is 39.6. The Bertz CT molecular complexity index is 2670. The van der Waals surface area contributed by atoms with E-state index in [0.717, 1.165) is 66.5 Å². The summed E-state index contributed by atoms with van der Waals surface area (Å²) in [4.78, 5) is 20.1. The minimum Gasteiger partial charge on any atom is -0.443 e. The molecule has 5 nitrogen and oxygen atoms in total. The number of carbonyl (C=O) groups is 1. The van der Waals surface area contributed by atoms with Gasteiger partial charge in [-0.25, -0.2) is 9.36 Å². The molecule has 0 spiro atoms. The van der Waals surface area contributed by atoms with Crippen molar-refractivity contribution < 1.29 is 9.53 Å². The number of hydrogen-bond donors (Lipinski definition) is 0. The van der Waals surface area contributed by atoms with Crippen molar-refractivity contribution in [2.45, 2.75) is 26.4 Å². The summed E-state index contributed by atoms with van der Waals surface area (Å²) in [5.41, 5.74) is 6.47. The first kappa shape index (κ1) is 36.3. The number of anilines is 6. The first-order valence-corrected chi connectivity index (χ1v) is 19.7. The maximum atomic E-state index is 15.7. The topological polar surface area (TPSA) is 37.7 Å². The van der Waals surface area contributed by atoms with Gasteiger partial charge in [0.15, 0.2) is 0 Å². The molecule has 0 aliphatic heterocycles. The first-order valence-electron chi connectivity index (χ1n) is 19.7. The molecule has 0 saturated carbocycles. The molecule has 0 fully saturated rings. The molecule has 282 valence electrons. The van der Waals surface area contributed by atoms with Gasteiger partial charge in [-0.15, -0.1) is 0 Å². The Hall–Kier alpha value is -7.37. The smallest absolute Gasteiger partial charge is 0.421 e. The minimum atomic E-state index is -0.816. The molecule has 0 N–H and O–H groups in total. The van der Waals surface area contributed by atoms with Gasteiger partial charge in [0, 0.05) is 33.3 Å². The van der Waals surface area contributed by atoms with Gasteiger partial charge < -0.3 is 4.74 Å². The van der Waals surface area contributed by atoms with Gasteiger partial charge in [0.1, 0.15) is 17.2 Å². The number of ether oxygens (including phenoxy) is 1. The lowest BCUT2D eigenvalue weighted by Crippen LogP contribution is -2.31. The van der Waals surface area contributed by atoms with E-state index in [0.29, 0.717) is 11.6 Å². The maximum absolute atomic E-state index is 15.7.